The molecule has 2 atom stereocenters. The third-order valence-electron chi connectivity index (χ3n) is 2.10. The zero-order chi connectivity index (χ0) is 10.6. The van der Waals surface area contributed by atoms with Gasteiger partial charge in [0.05, 0.1) is 5.92 Å². The predicted octanol–water partition coefficient (Wildman–Crippen LogP) is 1.06. The molecule has 5 nitrogen and oxygen atoms in total. The Hall–Kier alpha value is -0.940. The molecular formula is C9H17N3O2. The van der Waals surface area contributed by atoms with Crippen molar-refractivity contribution in [1.29, 1.82) is 0 Å². The Balaban J connectivity index is 2.58. The minimum atomic E-state index is 0.00962. The molecule has 0 aromatic carbocycles. The minimum Gasteiger partial charge on any atom is -0.374 e. The molecule has 0 fully saturated rings. The highest BCUT2D eigenvalue weighted by molar-refractivity contribution is 4.94. The van der Waals surface area contributed by atoms with Crippen LogP contribution in [-0.2, 0) is 11.3 Å². The predicted molar refractivity (Wildman–Crippen MR) is 51.7 cm³/mol. The monoisotopic (exact) mass is 199 g/mol. The summed E-state index contributed by atoms with van der Waals surface area (Å²) in [6, 6.07) is 0.00962. The highest BCUT2D eigenvalue weighted by Crippen LogP contribution is 2.15. The quantitative estimate of drug-likeness (QED) is 0.767. The second-order valence-corrected chi connectivity index (χ2v) is 3.33. The number of aromatic nitrogens is 2. The molecular weight excluding hydrogens is 182 g/mol. The molecule has 1 heterocycles. The average molecular weight is 199 g/mol. The summed E-state index contributed by atoms with van der Waals surface area (Å²) in [7, 11) is 0. The molecule has 5 heteroatoms. The van der Waals surface area contributed by atoms with Gasteiger partial charge in [0.25, 0.3) is 0 Å². The van der Waals surface area contributed by atoms with E-state index in [4.69, 9.17) is 15.0 Å². The molecule has 1 aromatic heterocycles. The lowest BCUT2D eigenvalue weighted by molar-refractivity contribution is 0.126. The second-order valence-electron chi connectivity index (χ2n) is 3.33. The minimum absolute atomic E-state index is 0.00962. The highest BCUT2D eigenvalue weighted by atomic mass is 16.5. The fourth-order valence-electron chi connectivity index (χ4n) is 0.929. The molecule has 1 rings (SSSR count). The van der Waals surface area contributed by atoms with E-state index in [9.17, 15) is 0 Å². The van der Waals surface area contributed by atoms with Gasteiger partial charge in [0.1, 0.15) is 6.61 Å². The SMILES string of the molecule is CCOCc1noc(C(C)C(C)N)n1. The fourth-order valence-corrected chi connectivity index (χ4v) is 0.929. The Labute approximate surface area is 83.6 Å². The van der Waals surface area contributed by atoms with E-state index in [2.05, 4.69) is 10.1 Å². The van der Waals surface area contributed by atoms with Gasteiger partial charge in [0.2, 0.25) is 5.89 Å². The lowest BCUT2D eigenvalue weighted by atomic mass is 10.1. The van der Waals surface area contributed by atoms with Crippen LogP contribution in [0.25, 0.3) is 0 Å². The Morgan fingerprint density at radius 3 is 2.79 bits per heavy atom. The van der Waals surface area contributed by atoms with Gasteiger partial charge in [-0.05, 0) is 13.8 Å². The Bertz CT molecular complexity index is 273. The van der Waals surface area contributed by atoms with Crippen molar-refractivity contribution in [3.8, 4) is 0 Å². The number of nitrogens with zero attached hydrogens (tertiary/aromatic N) is 2. The maximum Gasteiger partial charge on any atom is 0.231 e. The molecule has 2 unspecified atom stereocenters. The number of hydrogen-bond acceptors (Lipinski definition) is 5. The second kappa shape index (κ2) is 5.07. The van der Waals surface area contributed by atoms with Gasteiger partial charge in [0, 0.05) is 12.6 Å². The van der Waals surface area contributed by atoms with Gasteiger partial charge in [0.15, 0.2) is 5.82 Å². The van der Waals surface area contributed by atoms with Crippen molar-refractivity contribution in [2.45, 2.75) is 39.3 Å². The molecule has 80 valence electrons. The van der Waals surface area contributed by atoms with Crippen molar-refractivity contribution in [3.63, 3.8) is 0 Å². The summed E-state index contributed by atoms with van der Waals surface area (Å²) in [6.07, 6.45) is 0. The molecule has 0 aliphatic heterocycles. The van der Waals surface area contributed by atoms with Gasteiger partial charge in [-0.2, -0.15) is 4.98 Å². The molecule has 0 saturated carbocycles. The molecule has 0 aliphatic rings. The van der Waals surface area contributed by atoms with E-state index in [1.807, 2.05) is 20.8 Å². The van der Waals surface area contributed by atoms with Crippen LogP contribution in [0.1, 0.15) is 38.4 Å². The van der Waals surface area contributed by atoms with Crippen molar-refractivity contribution in [3.05, 3.63) is 11.7 Å². The van der Waals surface area contributed by atoms with Gasteiger partial charge in [-0.25, -0.2) is 0 Å². The van der Waals surface area contributed by atoms with E-state index in [-0.39, 0.29) is 12.0 Å². The molecule has 0 radical (unpaired) electrons. The van der Waals surface area contributed by atoms with Gasteiger partial charge in [-0.1, -0.05) is 12.1 Å². The van der Waals surface area contributed by atoms with Gasteiger partial charge >= 0.3 is 0 Å². The standard InChI is InChI=1S/C9H17N3O2/c1-4-13-5-8-11-9(14-12-8)6(2)7(3)10/h6-7H,4-5,10H2,1-3H3. The van der Waals surface area contributed by atoms with Gasteiger partial charge in [-0.15, -0.1) is 0 Å². The molecule has 0 aliphatic carbocycles. The molecule has 14 heavy (non-hydrogen) atoms. The van der Waals surface area contributed by atoms with Crippen LogP contribution in [0.3, 0.4) is 0 Å². The van der Waals surface area contributed by atoms with E-state index in [1.165, 1.54) is 0 Å². The molecule has 1 aromatic rings. The number of rotatable bonds is 5. The van der Waals surface area contributed by atoms with E-state index >= 15 is 0 Å². The van der Waals surface area contributed by atoms with E-state index < -0.39 is 0 Å². The summed E-state index contributed by atoms with van der Waals surface area (Å²) >= 11 is 0. The summed E-state index contributed by atoms with van der Waals surface area (Å²) in [5.74, 6) is 1.24. The maximum absolute atomic E-state index is 5.72. The third kappa shape index (κ3) is 2.78. The van der Waals surface area contributed by atoms with Crippen LogP contribution >= 0.6 is 0 Å². The van der Waals surface area contributed by atoms with E-state index in [1.54, 1.807) is 0 Å². The van der Waals surface area contributed by atoms with Crippen LogP contribution in [0, 0.1) is 0 Å². The van der Waals surface area contributed by atoms with Gasteiger partial charge in [-0.3, -0.25) is 0 Å². The Morgan fingerprint density at radius 1 is 1.50 bits per heavy atom. The van der Waals surface area contributed by atoms with Crippen LogP contribution < -0.4 is 5.73 Å². The van der Waals surface area contributed by atoms with Crippen LogP contribution in [0.4, 0.5) is 0 Å². The van der Waals surface area contributed by atoms with Crippen LogP contribution in [-0.4, -0.2) is 22.8 Å². The van der Waals surface area contributed by atoms with Crippen LogP contribution in [0.5, 0.6) is 0 Å². The van der Waals surface area contributed by atoms with E-state index in [0.717, 1.165) is 0 Å². The lowest BCUT2D eigenvalue weighted by Gasteiger charge is -2.09. The summed E-state index contributed by atoms with van der Waals surface area (Å²) < 4.78 is 10.2. The first kappa shape index (κ1) is 11.1. The average Bonchev–Trinajstić information content (AvgIpc) is 2.61. The first-order valence-corrected chi connectivity index (χ1v) is 4.81. The number of ether oxygens (including phenoxy) is 1. The summed E-state index contributed by atoms with van der Waals surface area (Å²) in [5, 5.41) is 3.79. The third-order valence-corrected chi connectivity index (χ3v) is 2.10. The normalized spacial score (nSPS) is 15.4. The first-order valence-electron chi connectivity index (χ1n) is 4.81. The van der Waals surface area contributed by atoms with Crippen LogP contribution in [0.15, 0.2) is 4.52 Å². The Kier molecular flexibility index (Phi) is 4.03. The zero-order valence-corrected chi connectivity index (χ0v) is 8.86. The fraction of sp³-hybridized carbons (Fsp3) is 0.778. The molecule has 0 spiro atoms. The zero-order valence-electron chi connectivity index (χ0n) is 8.86. The number of nitrogens with two attached hydrogens (primary N) is 1. The highest BCUT2D eigenvalue weighted by Gasteiger charge is 2.17. The molecule has 2 N–H and O–H groups in total. The first-order chi connectivity index (χ1) is 6.65. The van der Waals surface area contributed by atoms with Crippen molar-refractivity contribution in [2.75, 3.05) is 6.61 Å². The summed E-state index contributed by atoms with van der Waals surface area (Å²) in [4.78, 5) is 4.19. The van der Waals surface area contributed by atoms with E-state index in [0.29, 0.717) is 24.9 Å². The topological polar surface area (TPSA) is 74.2 Å². The van der Waals surface area contributed by atoms with Gasteiger partial charge < -0.3 is 15.0 Å². The lowest BCUT2D eigenvalue weighted by Crippen LogP contribution is -2.22. The smallest absolute Gasteiger partial charge is 0.231 e. The van der Waals surface area contributed by atoms with Crippen molar-refractivity contribution < 1.29 is 9.26 Å². The van der Waals surface area contributed by atoms with Crippen molar-refractivity contribution >= 4 is 0 Å². The molecule has 0 bridgehead atoms. The number of hydrogen-bond donors (Lipinski definition) is 1. The summed E-state index contributed by atoms with van der Waals surface area (Å²) in [5.41, 5.74) is 5.72. The largest absolute Gasteiger partial charge is 0.374 e. The maximum atomic E-state index is 5.72. The summed E-state index contributed by atoms with van der Waals surface area (Å²) in [6.45, 7) is 6.84. The van der Waals surface area contributed by atoms with Crippen LogP contribution in [0.2, 0.25) is 0 Å². The van der Waals surface area contributed by atoms with Crippen molar-refractivity contribution in [2.24, 2.45) is 5.73 Å². The van der Waals surface area contributed by atoms with Crippen molar-refractivity contribution in [1.82, 2.24) is 10.1 Å². The Morgan fingerprint density at radius 2 is 2.21 bits per heavy atom. The molecule has 0 saturated heterocycles. The molecule has 0 amide bonds.